The number of nitrogens with two attached hydrogens (primary N) is 2. The monoisotopic (exact) mass is 582 g/mol. The van der Waals surface area contributed by atoms with E-state index in [0.717, 1.165) is 16.5 Å². The molecule has 10 heteroatoms. The molecule has 0 amide bonds. The van der Waals surface area contributed by atoms with Gasteiger partial charge in [0.2, 0.25) is 5.60 Å². The van der Waals surface area contributed by atoms with E-state index >= 15 is 0 Å². The van der Waals surface area contributed by atoms with Gasteiger partial charge in [0.25, 0.3) is 5.56 Å². The van der Waals surface area contributed by atoms with Crippen LogP contribution in [0.2, 0.25) is 13.1 Å². The van der Waals surface area contributed by atoms with Crippen LogP contribution in [-0.2, 0) is 37.8 Å². The van der Waals surface area contributed by atoms with E-state index in [9.17, 15) is 14.4 Å². The molecule has 0 spiro atoms. The van der Waals surface area contributed by atoms with Crippen molar-refractivity contribution in [3.63, 3.8) is 0 Å². The molecule has 216 valence electrons. The third kappa shape index (κ3) is 4.16. The zero-order chi connectivity index (χ0) is 29.8. The number of aromatic nitrogens is 2. The highest BCUT2D eigenvalue weighted by atomic mass is 28.3. The predicted molar refractivity (Wildman–Crippen MR) is 164 cm³/mol. The average Bonchev–Trinajstić information content (AvgIpc) is 3.35. The SMILES string of the molecule is CC[C@@]1(OC(=O)CCCN)C(=O)OCc2c1cc1n(c2=O)Cc2c-1nc1ccc(N)cc1c2[Si](C)(C)c1ccccc1. The minimum Gasteiger partial charge on any atom is -0.457 e. The summed E-state index contributed by atoms with van der Waals surface area (Å²) in [6, 6.07) is 17.9. The lowest BCUT2D eigenvalue weighted by Crippen LogP contribution is -2.54. The van der Waals surface area contributed by atoms with Crippen LogP contribution in [0.25, 0.3) is 22.3 Å². The molecule has 2 aliphatic rings. The van der Waals surface area contributed by atoms with Crippen molar-refractivity contribution in [3.05, 3.63) is 81.6 Å². The minimum atomic E-state index is -2.34. The van der Waals surface area contributed by atoms with E-state index in [1.807, 2.05) is 36.4 Å². The summed E-state index contributed by atoms with van der Waals surface area (Å²) in [5, 5.41) is 3.40. The molecule has 4 N–H and O–H groups in total. The summed E-state index contributed by atoms with van der Waals surface area (Å²) in [4.78, 5) is 45.2. The summed E-state index contributed by atoms with van der Waals surface area (Å²) >= 11 is 0. The summed E-state index contributed by atoms with van der Waals surface area (Å²) in [6.45, 7) is 6.80. The molecule has 9 nitrogen and oxygen atoms in total. The highest BCUT2D eigenvalue weighted by molar-refractivity contribution is 7.02. The van der Waals surface area contributed by atoms with Gasteiger partial charge in [-0.3, -0.25) is 9.59 Å². The van der Waals surface area contributed by atoms with E-state index in [0.29, 0.717) is 47.7 Å². The number of hydrogen-bond acceptors (Lipinski definition) is 8. The second-order valence-corrected chi connectivity index (χ2v) is 15.8. The van der Waals surface area contributed by atoms with Crippen molar-refractivity contribution in [1.29, 1.82) is 0 Å². The lowest BCUT2D eigenvalue weighted by molar-refractivity contribution is -0.189. The molecular weight excluding hydrogens is 548 g/mol. The number of pyridine rings is 2. The van der Waals surface area contributed by atoms with E-state index in [4.69, 9.17) is 25.9 Å². The number of nitrogen functional groups attached to an aromatic ring is 1. The Morgan fingerprint density at radius 3 is 2.60 bits per heavy atom. The minimum absolute atomic E-state index is 0.0624. The van der Waals surface area contributed by atoms with Crippen molar-refractivity contribution in [2.45, 2.75) is 58.0 Å². The van der Waals surface area contributed by atoms with E-state index < -0.39 is 25.6 Å². The summed E-state index contributed by atoms with van der Waals surface area (Å²) < 4.78 is 13.0. The van der Waals surface area contributed by atoms with Gasteiger partial charge in [-0.2, -0.15) is 0 Å². The molecule has 0 saturated carbocycles. The number of nitrogens with zero attached hydrogens (tertiary/aromatic N) is 2. The van der Waals surface area contributed by atoms with E-state index in [-0.39, 0.29) is 25.0 Å². The third-order valence-electron chi connectivity index (χ3n) is 8.67. The standard InChI is InChI=1S/C32H34N4O5Si/c1-4-32(41-27(37)11-8-14-33)24-16-26-28-22(17-36(26)30(38)23(24)18-40-31(32)39)29(21-15-19(34)12-13-25(21)35-28)42(2,3)20-9-6-5-7-10-20/h5-7,9-10,12-13,15-16H,4,8,11,14,17-18,33-34H2,1-3H3/t32-/m0/s1. The van der Waals surface area contributed by atoms with Crippen molar-refractivity contribution >= 4 is 47.0 Å². The molecule has 1 atom stereocenters. The fourth-order valence-corrected chi connectivity index (χ4v) is 9.60. The maximum Gasteiger partial charge on any atom is 0.355 e. The Kier molecular flexibility index (Phi) is 6.78. The molecule has 0 bridgehead atoms. The summed E-state index contributed by atoms with van der Waals surface area (Å²) in [5.74, 6) is -1.24. The number of esters is 2. The van der Waals surface area contributed by atoms with Crippen LogP contribution in [-0.4, -0.2) is 36.1 Å². The van der Waals surface area contributed by atoms with Crippen molar-refractivity contribution in [3.8, 4) is 11.4 Å². The summed E-state index contributed by atoms with van der Waals surface area (Å²) in [5.41, 5.74) is 14.2. The molecule has 4 heterocycles. The Labute approximate surface area is 244 Å². The Balaban J connectivity index is 1.61. The number of ether oxygens (including phenoxy) is 2. The van der Waals surface area contributed by atoms with Gasteiger partial charge in [-0.25, -0.2) is 9.78 Å². The molecule has 0 fully saturated rings. The van der Waals surface area contributed by atoms with Gasteiger partial charge >= 0.3 is 11.9 Å². The number of cyclic esters (lactones) is 1. The second-order valence-electron chi connectivity index (χ2n) is 11.5. The second kappa shape index (κ2) is 10.2. The van der Waals surface area contributed by atoms with Gasteiger partial charge in [-0.1, -0.05) is 55.5 Å². The van der Waals surface area contributed by atoms with Crippen LogP contribution in [0.3, 0.4) is 0 Å². The quantitative estimate of drug-likeness (QED) is 0.170. The molecule has 2 aromatic heterocycles. The molecule has 2 aliphatic heterocycles. The van der Waals surface area contributed by atoms with Gasteiger partial charge in [0, 0.05) is 28.6 Å². The van der Waals surface area contributed by atoms with Gasteiger partial charge in [0.1, 0.15) is 14.7 Å². The van der Waals surface area contributed by atoms with Crippen LogP contribution < -0.4 is 27.4 Å². The first-order chi connectivity index (χ1) is 20.1. The largest absolute Gasteiger partial charge is 0.457 e. The van der Waals surface area contributed by atoms with Crippen LogP contribution in [0.5, 0.6) is 0 Å². The van der Waals surface area contributed by atoms with Gasteiger partial charge in [-0.05, 0) is 48.8 Å². The maximum absolute atomic E-state index is 14.1. The first-order valence-electron chi connectivity index (χ1n) is 14.3. The van der Waals surface area contributed by atoms with E-state index in [1.165, 1.54) is 10.4 Å². The van der Waals surface area contributed by atoms with Crippen molar-refractivity contribution < 1.29 is 19.1 Å². The van der Waals surface area contributed by atoms with Crippen LogP contribution in [0, 0.1) is 0 Å². The normalized spacial score (nSPS) is 17.4. The predicted octanol–water partition coefficient (Wildman–Crippen LogP) is 2.77. The lowest BCUT2D eigenvalue weighted by Gasteiger charge is -2.35. The molecule has 6 rings (SSSR count). The molecule has 4 aromatic rings. The molecule has 0 aliphatic carbocycles. The Hall–Kier alpha value is -4.28. The van der Waals surface area contributed by atoms with Gasteiger partial charge in [-0.15, -0.1) is 0 Å². The fraction of sp³-hybridized carbons (Fsp3) is 0.312. The number of carbonyl (C=O) groups is 2. The zero-order valence-corrected chi connectivity index (χ0v) is 25.0. The van der Waals surface area contributed by atoms with Crippen molar-refractivity contribution in [2.75, 3.05) is 12.3 Å². The molecule has 0 radical (unpaired) electrons. The van der Waals surface area contributed by atoms with Crippen LogP contribution in [0.1, 0.15) is 42.9 Å². The summed E-state index contributed by atoms with van der Waals surface area (Å²) in [6.07, 6.45) is 0.603. The molecular formula is C32H34N4O5Si. The first-order valence-corrected chi connectivity index (χ1v) is 17.3. The van der Waals surface area contributed by atoms with Gasteiger partial charge < -0.3 is 25.5 Å². The van der Waals surface area contributed by atoms with Crippen molar-refractivity contribution in [1.82, 2.24) is 9.55 Å². The number of rotatable bonds is 7. The molecule has 0 saturated heterocycles. The van der Waals surface area contributed by atoms with E-state index in [1.54, 1.807) is 17.6 Å². The highest BCUT2D eigenvalue weighted by Gasteiger charge is 2.50. The van der Waals surface area contributed by atoms with Crippen LogP contribution in [0.15, 0.2) is 59.4 Å². The first kappa shape index (κ1) is 27.9. The Morgan fingerprint density at radius 1 is 1.12 bits per heavy atom. The molecule has 0 unspecified atom stereocenters. The van der Waals surface area contributed by atoms with Gasteiger partial charge in [0.05, 0.1) is 29.0 Å². The molecule has 2 aromatic carbocycles. The molecule has 42 heavy (non-hydrogen) atoms. The topological polar surface area (TPSA) is 140 Å². The average molecular weight is 583 g/mol. The fourth-order valence-electron chi connectivity index (χ4n) is 6.46. The van der Waals surface area contributed by atoms with Gasteiger partial charge in [0.15, 0.2) is 0 Å². The number of benzene rings is 2. The highest BCUT2D eigenvalue weighted by Crippen LogP contribution is 2.41. The van der Waals surface area contributed by atoms with E-state index in [2.05, 4.69) is 25.2 Å². The Morgan fingerprint density at radius 2 is 1.88 bits per heavy atom. The van der Waals surface area contributed by atoms with Crippen LogP contribution in [0.4, 0.5) is 5.69 Å². The smallest absolute Gasteiger partial charge is 0.355 e. The zero-order valence-electron chi connectivity index (χ0n) is 24.0. The Bertz CT molecular complexity index is 1820. The lowest BCUT2D eigenvalue weighted by atomic mass is 9.85. The number of carbonyl (C=O) groups excluding carboxylic acids is 2. The number of fused-ring (bicyclic) bond motifs is 5. The number of hydrogen-bond donors (Lipinski definition) is 2. The summed E-state index contributed by atoms with van der Waals surface area (Å²) in [7, 11) is -2.34. The van der Waals surface area contributed by atoms with Crippen molar-refractivity contribution in [2.24, 2.45) is 5.73 Å². The third-order valence-corrected chi connectivity index (χ3v) is 12.3. The maximum atomic E-state index is 14.1. The van der Waals surface area contributed by atoms with Crippen LogP contribution >= 0.6 is 0 Å². The number of anilines is 1.